The molecule has 21 heavy (non-hydrogen) atoms. The van der Waals surface area contributed by atoms with Gasteiger partial charge < -0.3 is 14.2 Å². The van der Waals surface area contributed by atoms with Crippen LogP contribution in [-0.4, -0.2) is 24.5 Å². The third kappa shape index (κ3) is 3.02. The van der Waals surface area contributed by atoms with Crippen LogP contribution in [0.4, 0.5) is 0 Å². The van der Waals surface area contributed by atoms with E-state index in [0.717, 1.165) is 25.7 Å². The Morgan fingerprint density at radius 1 is 1.00 bits per heavy atom. The summed E-state index contributed by atoms with van der Waals surface area (Å²) < 4.78 is 16.3. The molecule has 0 N–H and O–H groups in total. The smallest absolute Gasteiger partial charge is 0.335 e. The van der Waals surface area contributed by atoms with Crippen molar-refractivity contribution in [1.29, 1.82) is 0 Å². The molecule has 2 bridgehead atoms. The minimum Gasteiger partial charge on any atom is -0.435 e. The summed E-state index contributed by atoms with van der Waals surface area (Å²) >= 11 is 0. The summed E-state index contributed by atoms with van der Waals surface area (Å²) in [6.45, 7) is 10.1. The molecular weight excluding hydrogens is 272 g/mol. The lowest BCUT2D eigenvalue weighted by atomic mass is 10.0. The van der Waals surface area contributed by atoms with Crippen molar-refractivity contribution in [2.45, 2.75) is 45.3 Å². The molecule has 0 atom stereocenters. The Hall–Kier alpha value is -1.62. The number of carbonyl (C=O) groups is 2. The summed E-state index contributed by atoms with van der Waals surface area (Å²) in [4.78, 5) is 23.3. The molecule has 0 radical (unpaired) electrons. The third-order valence-corrected chi connectivity index (χ3v) is 4.29. The van der Waals surface area contributed by atoms with Gasteiger partial charge in [0.1, 0.15) is 0 Å². The van der Waals surface area contributed by atoms with Gasteiger partial charge in [0.05, 0.1) is 0 Å². The van der Waals surface area contributed by atoms with Crippen LogP contribution in [-0.2, 0) is 23.8 Å². The molecule has 116 valence electrons. The van der Waals surface area contributed by atoms with E-state index in [0.29, 0.717) is 11.1 Å². The Labute approximate surface area is 124 Å². The summed E-state index contributed by atoms with van der Waals surface area (Å²) in [5.41, 5.74) is 0.643. The zero-order chi connectivity index (χ0) is 15.6. The normalized spacial score (nSPS) is 30.0. The molecular formula is C16H22O5. The van der Waals surface area contributed by atoms with Gasteiger partial charge >= 0.3 is 11.9 Å². The van der Waals surface area contributed by atoms with Crippen LogP contribution in [0, 0.1) is 11.8 Å². The molecule has 2 fully saturated rings. The van der Waals surface area contributed by atoms with E-state index in [1.807, 2.05) is 0 Å². The van der Waals surface area contributed by atoms with Crippen LogP contribution in [0.25, 0.3) is 0 Å². The van der Waals surface area contributed by atoms with Crippen LogP contribution in [0.3, 0.4) is 0 Å². The van der Waals surface area contributed by atoms with Crippen molar-refractivity contribution in [1.82, 2.24) is 0 Å². The predicted molar refractivity (Wildman–Crippen MR) is 75.9 cm³/mol. The lowest BCUT2D eigenvalue weighted by Gasteiger charge is -2.33. The second kappa shape index (κ2) is 6.02. The first-order valence-corrected chi connectivity index (χ1v) is 7.22. The maximum atomic E-state index is 11.9. The fraction of sp³-hybridized carbons (Fsp3) is 0.625. The summed E-state index contributed by atoms with van der Waals surface area (Å²) in [6.07, 6.45) is 3.84. The first-order valence-electron chi connectivity index (χ1n) is 7.22. The van der Waals surface area contributed by atoms with Crippen LogP contribution in [0.5, 0.6) is 0 Å². The summed E-state index contributed by atoms with van der Waals surface area (Å²) in [5, 5.41) is 0. The van der Waals surface area contributed by atoms with E-state index < -0.39 is 17.7 Å². The molecule has 5 nitrogen and oxygen atoms in total. The highest BCUT2D eigenvalue weighted by molar-refractivity contribution is 5.87. The van der Waals surface area contributed by atoms with Crippen LogP contribution in [0.15, 0.2) is 24.3 Å². The summed E-state index contributed by atoms with van der Waals surface area (Å²) in [7, 11) is 0. The lowest BCUT2D eigenvalue weighted by molar-refractivity contribution is -0.275. The fourth-order valence-corrected chi connectivity index (χ4v) is 3.19. The van der Waals surface area contributed by atoms with Crippen molar-refractivity contribution in [3.05, 3.63) is 24.3 Å². The number of hydrogen-bond acceptors (Lipinski definition) is 5. The van der Waals surface area contributed by atoms with Crippen molar-refractivity contribution in [3.63, 3.8) is 0 Å². The van der Waals surface area contributed by atoms with Crippen LogP contribution in [0.1, 0.15) is 39.5 Å². The van der Waals surface area contributed by atoms with E-state index in [4.69, 9.17) is 14.2 Å². The van der Waals surface area contributed by atoms with Crippen molar-refractivity contribution >= 4 is 11.9 Å². The van der Waals surface area contributed by atoms with Gasteiger partial charge in [-0.25, -0.2) is 9.59 Å². The lowest BCUT2D eigenvalue weighted by Crippen LogP contribution is -2.44. The van der Waals surface area contributed by atoms with E-state index in [-0.39, 0.29) is 18.6 Å². The molecule has 0 aromatic carbocycles. The molecule has 2 saturated carbocycles. The van der Waals surface area contributed by atoms with Gasteiger partial charge in [0.25, 0.3) is 0 Å². The monoisotopic (exact) mass is 294 g/mol. The van der Waals surface area contributed by atoms with Crippen molar-refractivity contribution in [3.8, 4) is 0 Å². The van der Waals surface area contributed by atoms with Crippen LogP contribution in [0.2, 0.25) is 0 Å². The number of esters is 2. The molecule has 0 aromatic heterocycles. The first-order chi connectivity index (χ1) is 9.86. The largest absolute Gasteiger partial charge is 0.435 e. The minimum atomic E-state index is -0.967. The van der Waals surface area contributed by atoms with E-state index in [9.17, 15) is 9.59 Å². The average molecular weight is 294 g/mol. The van der Waals surface area contributed by atoms with E-state index in [2.05, 4.69) is 13.2 Å². The Morgan fingerprint density at radius 3 is 1.90 bits per heavy atom. The minimum absolute atomic E-state index is 0.161. The number of ether oxygens (including phenoxy) is 3. The SMILES string of the molecule is C=C(C)C(=O)OCOC1(OC(=O)C(=C)C)C2CCC1CC2. The molecule has 0 aliphatic heterocycles. The highest BCUT2D eigenvalue weighted by Crippen LogP contribution is 2.55. The van der Waals surface area contributed by atoms with Gasteiger partial charge in [-0.2, -0.15) is 0 Å². The highest BCUT2D eigenvalue weighted by atomic mass is 16.8. The summed E-state index contributed by atoms with van der Waals surface area (Å²) in [6, 6.07) is 0. The molecule has 0 unspecified atom stereocenters. The van der Waals surface area contributed by atoms with Gasteiger partial charge in [0.2, 0.25) is 5.79 Å². The zero-order valence-corrected chi connectivity index (χ0v) is 12.6. The third-order valence-electron chi connectivity index (χ3n) is 4.29. The van der Waals surface area contributed by atoms with Crippen molar-refractivity contribution in [2.24, 2.45) is 11.8 Å². The van der Waals surface area contributed by atoms with E-state index >= 15 is 0 Å². The van der Waals surface area contributed by atoms with Gasteiger partial charge in [-0.3, -0.25) is 0 Å². The number of hydrogen-bond donors (Lipinski definition) is 0. The van der Waals surface area contributed by atoms with E-state index in [1.165, 1.54) is 0 Å². The zero-order valence-electron chi connectivity index (χ0n) is 12.6. The summed E-state index contributed by atoms with van der Waals surface area (Å²) in [5.74, 6) is -1.61. The number of carbonyl (C=O) groups excluding carboxylic acids is 2. The Morgan fingerprint density at radius 2 is 1.48 bits per heavy atom. The van der Waals surface area contributed by atoms with Gasteiger partial charge in [-0.05, 0) is 39.5 Å². The van der Waals surface area contributed by atoms with E-state index in [1.54, 1.807) is 13.8 Å². The maximum Gasteiger partial charge on any atom is 0.335 e. The van der Waals surface area contributed by atoms with Gasteiger partial charge in [-0.1, -0.05) is 13.2 Å². The van der Waals surface area contributed by atoms with Gasteiger partial charge in [0.15, 0.2) is 6.79 Å². The quantitative estimate of drug-likeness (QED) is 0.428. The number of fused-ring (bicyclic) bond motifs is 2. The molecule has 2 aliphatic rings. The highest BCUT2D eigenvalue weighted by Gasteiger charge is 2.59. The van der Waals surface area contributed by atoms with Crippen molar-refractivity contribution in [2.75, 3.05) is 6.79 Å². The first kappa shape index (κ1) is 15.8. The predicted octanol–water partition coefficient (Wildman–Crippen LogP) is 2.72. The molecule has 0 aromatic rings. The van der Waals surface area contributed by atoms with Gasteiger partial charge in [-0.15, -0.1) is 0 Å². The average Bonchev–Trinajstić information content (AvgIpc) is 2.93. The second-order valence-electron chi connectivity index (χ2n) is 5.91. The van der Waals surface area contributed by atoms with Gasteiger partial charge in [0, 0.05) is 23.0 Å². The maximum absolute atomic E-state index is 11.9. The van der Waals surface area contributed by atoms with Crippen LogP contribution < -0.4 is 0 Å². The second-order valence-corrected chi connectivity index (χ2v) is 5.91. The molecule has 2 rings (SSSR count). The number of rotatable bonds is 6. The fourth-order valence-electron chi connectivity index (χ4n) is 3.19. The standard InChI is InChI=1S/C16H22O5/c1-10(2)14(17)19-9-20-16(21-15(18)11(3)4)12-5-6-13(16)8-7-12/h12-13H,1,3,5-9H2,2,4H3. The molecule has 0 heterocycles. The molecule has 0 saturated heterocycles. The molecule has 0 amide bonds. The van der Waals surface area contributed by atoms with Crippen molar-refractivity contribution < 1.29 is 23.8 Å². The Bertz CT molecular complexity index is 459. The van der Waals surface area contributed by atoms with Crippen LogP contribution >= 0.6 is 0 Å². The molecule has 2 aliphatic carbocycles. The molecule has 0 spiro atoms. The Balaban J connectivity index is 2.04. The topological polar surface area (TPSA) is 61.8 Å². The Kier molecular flexibility index (Phi) is 4.52. The molecule has 5 heteroatoms.